The number of anilines is 2. The van der Waals surface area contributed by atoms with Crippen LogP contribution < -0.4 is 11.1 Å². The molecular weight excluding hydrogens is 342 g/mol. The lowest BCUT2D eigenvalue weighted by Gasteiger charge is -2.20. The Morgan fingerprint density at radius 2 is 2.07 bits per heavy atom. The molecule has 0 saturated carbocycles. The molecule has 4 heterocycles. The Hall–Kier alpha value is -3.26. The predicted octanol–water partition coefficient (Wildman–Crippen LogP) is 2.15. The third-order valence-corrected chi connectivity index (χ3v) is 5.07. The Labute approximate surface area is 155 Å². The van der Waals surface area contributed by atoms with Crippen molar-refractivity contribution < 1.29 is 4.74 Å². The van der Waals surface area contributed by atoms with Crippen LogP contribution in [0.2, 0.25) is 0 Å². The average molecular weight is 361 g/mol. The molecule has 1 aliphatic heterocycles. The van der Waals surface area contributed by atoms with Gasteiger partial charge < -0.3 is 15.8 Å². The minimum absolute atomic E-state index is 0.129. The topological polar surface area (TPSA) is 115 Å². The summed E-state index contributed by atoms with van der Waals surface area (Å²) in [5.41, 5.74) is 8.75. The summed E-state index contributed by atoms with van der Waals surface area (Å²) < 4.78 is 5.77. The van der Waals surface area contributed by atoms with Gasteiger partial charge in [-0.3, -0.25) is 10.1 Å². The van der Waals surface area contributed by atoms with E-state index in [0.717, 1.165) is 17.3 Å². The van der Waals surface area contributed by atoms with Crippen LogP contribution in [0.15, 0.2) is 42.7 Å². The summed E-state index contributed by atoms with van der Waals surface area (Å²) in [7, 11) is 0. The molecule has 8 heteroatoms. The maximum Gasteiger partial charge on any atom is 0.224 e. The lowest BCUT2D eigenvalue weighted by Crippen LogP contribution is -2.30. The molecule has 0 spiro atoms. The molecular formula is C19H19N7O. The second kappa shape index (κ2) is 6.48. The first-order chi connectivity index (χ1) is 13.3. The summed E-state index contributed by atoms with van der Waals surface area (Å²) >= 11 is 0. The molecule has 0 unspecified atom stereocenters. The number of aromatic nitrogens is 5. The van der Waals surface area contributed by atoms with Crippen molar-refractivity contribution in [2.45, 2.75) is 12.5 Å². The zero-order chi connectivity index (χ0) is 18.2. The summed E-state index contributed by atoms with van der Waals surface area (Å²) in [5.74, 6) is 1.21. The van der Waals surface area contributed by atoms with Crippen LogP contribution in [0.3, 0.4) is 0 Å². The van der Waals surface area contributed by atoms with Crippen LogP contribution in [0.25, 0.3) is 21.9 Å². The Kier molecular flexibility index (Phi) is 3.83. The van der Waals surface area contributed by atoms with Gasteiger partial charge >= 0.3 is 0 Å². The third-order valence-electron chi connectivity index (χ3n) is 5.07. The van der Waals surface area contributed by atoms with E-state index in [-0.39, 0.29) is 12.0 Å². The van der Waals surface area contributed by atoms with E-state index in [1.54, 1.807) is 6.20 Å². The first-order valence-corrected chi connectivity index (χ1v) is 8.91. The number of nitrogen functional groups attached to an aromatic ring is 1. The van der Waals surface area contributed by atoms with Gasteiger partial charge in [0.1, 0.15) is 5.82 Å². The van der Waals surface area contributed by atoms with Crippen LogP contribution >= 0.6 is 0 Å². The third kappa shape index (κ3) is 2.93. The number of nitrogens with two attached hydrogens (primary N) is 1. The Balaban J connectivity index is 1.42. The first-order valence-electron chi connectivity index (χ1n) is 8.91. The predicted molar refractivity (Wildman–Crippen MR) is 103 cm³/mol. The minimum Gasteiger partial charge on any atom is -0.379 e. The highest BCUT2D eigenvalue weighted by atomic mass is 16.5. The SMILES string of the molecule is Nc1nc(N[C@@H]2COC[C@H]2Cc2ccnc3ccccc23)c2cn[nH]c2n1. The summed E-state index contributed by atoms with van der Waals surface area (Å²) in [4.78, 5) is 13.0. The number of aromatic amines is 1. The van der Waals surface area contributed by atoms with Gasteiger partial charge in [-0.1, -0.05) is 18.2 Å². The van der Waals surface area contributed by atoms with Crippen molar-refractivity contribution in [2.75, 3.05) is 24.3 Å². The molecule has 1 saturated heterocycles. The number of nitrogens with one attached hydrogen (secondary N) is 2. The molecule has 27 heavy (non-hydrogen) atoms. The van der Waals surface area contributed by atoms with Gasteiger partial charge in [-0.05, 0) is 24.1 Å². The molecule has 0 aliphatic carbocycles. The van der Waals surface area contributed by atoms with Gasteiger partial charge in [0.2, 0.25) is 5.95 Å². The van der Waals surface area contributed by atoms with Gasteiger partial charge in [0.15, 0.2) is 5.65 Å². The van der Waals surface area contributed by atoms with Crippen molar-refractivity contribution in [2.24, 2.45) is 5.92 Å². The fraction of sp³-hybridized carbons (Fsp3) is 0.263. The second-order valence-electron chi connectivity index (χ2n) is 6.80. The molecule has 0 amide bonds. The molecule has 8 nitrogen and oxygen atoms in total. The van der Waals surface area contributed by atoms with Crippen LogP contribution in [0.5, 0.6) is 0 Å². The standard InChI is InChI=1S/C19H19N7O/c20-19-24-17(14-8-22-26-18(14)25-19)23-16-10-27-9-12(16)7-11-5-6-21-15-4-2-1-3-13(11)15/h1-6,8,12,16H,7,9-10H2,(H4,20,22,23,24,25,26)/t12-,16-/m1/s1. The number of ether oxygens (including phenoxy) is 1. The quantitative estimate of drug-likeness (QED) is 0.510. The van der Waals surface area contributed by atoms with Crippen LogP contribution in [0, 0.1) is 5.92 Å². The first kappa shape index (κ1) is 16.0. The summed E-state index contributed by atoms with van der Waals surface area (Å²) in [6, 6.07) is 10.4. The zero-order valence-electron chi connectivity index (χ0n) is 14.6. The Bertz CT molecular complexity index is 1100. The molecule has 3 aromatic heterocycles. The lowest BCUT2D eigenvalue weighted by molar-refractivity contribution is 0.185. The number of pyridine rings is 1. The highest BCUT2D eigenvalue weighted by Gasteiger charge is 2.29. The number of H-pyrrole nitrogens is 1. The Morgan fingerprint density at radius 1 is 1.15 bits per heavy atom. The molecule has 5 rings (SSSR count). The maximum absolute atomic E-state index is 5.83. The van der Waals surface area contributed by atoms with Gasteiger partial charge in [-0.2, -0.15) is 15.1 Å². The van der Waals surface area contributed by atoms with Gasteiger partial charge in [0.25, 0.3) is 0 Å². The van der Waals surface area contributed by atoms with Gasteiger partial charge in [-0.25, -0.2) is 0 Å². The number of benzene rings is 1. The van der Waals surface area contributed by atoms with E-state index in [2.05, 4.69) is 42.6 Å². The van der Waals surface area contributed by atoms with E-state index < -0.39 is 0 Å². The van der Waals surface area contributed by atoms with Gasteiger partial charge in [0.05, 0.1) is 36.4 Å². The summed E-state index contributed by atoms with van der Waals surface area (Å²) in [6.07, 6.45) is 4.48. The number of para-hydroxylation sites is 1. The largest absolute Gasteiger partial charge is 0.379 e. The fourth-order valence-electron chi connectivity index (χ4n) is 3.71. The fourth-order valence-corrected chi connectivity index (χ4v) is 3.71. The molecule has 1 aromatic carbocycles. The normalized spacial score (nSPS) is 19.7. The smallest absolute Gasteiger partial charge is 0.224 e. The minimum atomic E-state index is 0.129. The molecule has 4 aromatic rings. The molecule has 0 bridgehead atoms. The number of nitrogens with zero attached hydrogens (tertiary/aromatic N) is 4. The number of rotatable bonds is 4. The van der Waals surface area contributed by atoms with E-state index in [4.69, 9.17) is 10.5 Å². The Morgan fingerprint density at radius 3 is 3.04 bits per heavy atom. The molecule has 1 fully saturated rings. The van der Waals surface area contributed by atoms with Crippen molar-refractivity contribution in [1.29, 1.82) is 0 Å². The molecule has 2 atom stereocenters. The van der Waals surface area contributed by atoms with E-state index in [1.165, 1.54) is 10.9 Å². The van der Waals surface area contributed by atoms with E-state index in [9.17, 15) is 0 Å². The van der Waals surface area contributed by atoms with Crippen molar-refractivity contribution in [3.05, 3.63) is 48.3 Å². The highest BCUT2D eigenvalue weighted by molar-refractivity contribution is 5.87. The summed E-state index contributed by atoms with van der Waals surface area (Å²) in [6.45, 7) is 1.32. The molecule has 1 aliphatic rings. The van der Waals surface area contributed by atoms with Crippen molar-refractivity contribution in [3.8, 4) is 0 Å². The van der Waals surface area contributed by atoms with Crippen LogP contribution in [0.4, 0.5) is 11.8 Å². The lowest BCUT2D eigenvalue weighted by atomic mass is 9.93. The summed E-state index contributed by atoms with van der Waals surface area (Å²) in [5, 5.41) is 12.4. The van der Waals surface area contributed by atoms with E-state index in [0.29, 0.717) is 30.6 Å². The van der Waals surface area contributed by atoms with Crippen molar-refractivity contribution in [1.82, 2.24) is 25.1 Å². The zero-order valence-corrected chi connectivity index (χ0v) is 14.6. The van der Waals surface area contributed by atoms with Crippen LogP contribution in [-0.4, -0.2) is 44.4 Å². The number of hydrogen-bond donors (Lipinski definition) is 3. The van der Waals surface area contributed by atoms with Crippen LogP contribution in [0.1, 0.15) is 5.56 Å². The van der Waals surface area contributed by atoms with Gasteiger partial charge in [0, 0.05) is 17.5 Å². The molecule has 4 N–H and O–H groups in total. The molecule has 0 radical (unpaired) electrons. The number of hydrogen-bond acceptors (Lipinski definition) is 7. The van der Waals surface area contributed by atoms with E-state index in [1.807, 2.05) is 24.4 Å². The van der Waals surface area contributed by atoms with Crippen LogP contribution in [-0.2, 0) is 11.2 Å². The average Bonchev–Trinajstić information content (AvgIpc) is 3.31. The second-order valence-corrected chi connectivity index (χ2v) is 6.80. The highest BCUT2D eigenvalue weighted by Crippen LogP contribution is 2.27. The van der Waals surface area contributed by atoms with Gasteiger partial charge in [-0.15, -0.1) is 0 Å². The monoisotopic (exact) mass is 361 g/mol. The maximum atomic E-state index is 5.83. The van der Waals surface area contributed by atoms with Crippen molar-refractivity contribution >= 4 is 33.7 Å². The molecule has 136 valence electrons. The number of fused-ring (bicyclic) bond motifs is 2. The van der Waals surface area contributed by atoms with Crippen molar-refractivity contribution in [3.63, 3.8) is 0 Å². The van der Waals surface area contributed by atoms with E-state index >= 15 is 0 Å².